The van der Waals surface area contributed by atoms with Gasteiger partial charge in [-0.1, -0.05) is 78.9 Å². The van der Waals surface area contributed by atoms with E-state index in [9.17, 15) is 5.11 Å². The van der Waals surface area contributed by atoms with E-state index in [1.165, 1.54) is 18.4 Å². The standard InChI is InChI=1S/C35H36N2O2/c1-37(2)21-20-35(38,31-15-9-13-25-10-7-8-14-29(25)31)33(26-11-5-4-6-12-26)30-23-28-22-27(24-16-17-24)18-19-32(28)36-34(30)39-3/h4-15,18-19,22-24,33,38H,16-17,20-21H2,1-3H3. The Labute approximate surface area is 230 Å². The van der Waals surface area contributed by atoms with Gasteiger partial charge in [0.15, 0.2) is 0 Å². The Hall–Kier alpha value is -3.73. The van der Waals surface area contributed by atoms with Gasteiger partial charge in [-0.05, 0) is 84.9 Å². The third-order valence-electron chi connectivity index (χ3n) is 8.19. The van der Waals surface area contributed by atoms with Crippen LogP contribution in [-0.4, -0.2) is 42.7 Å². The van der Waals surface area contributed by atoms with Crippen LogP contribution in [0.5, 0.6) is 5.88 Å². The molecule has 2 atom stereocenters. The predicted octanol–water partition coefficient (Wildman–Crippen LogP) is 7.25. The molecule has 6 rings (SSSR count). The third-order valence-corrected chi connectivity index (χ3v) is 8.19. The van der Waals surface area contributed by atoms with Crippen LogP contribution in [0.1, 0.15) is 53.4 Å². The second kappa shape index (κ2) is 10.4. The fourth-order valence-corrected chi connectivity index (χ4v) is 6.02. The maximum absolute atomic E-state index is 13.1. The van der Waals surface area contributed by atoms with Crippen molar-refractivity contribution >= 4 is 21.7 Å². The Morgan fingerprint density at radius 2 is 1.64 bits per heavy atom. The molecule has 198 valence electrons. The van der Waals surface area contributed by atoms with Crippen molar-refractivity contribution in [2.24, 2.45) is 0 Å². The fraction of sp³-hybridized carbons (Fsp3) is 0.286. The zero-order chi connectivity index (χ0) is 27.0. The summed E-state index contributed by atoms with van der Waals surface area (Å²) < 4.78 is 5.96. The minimum atomic E-state index is -1.23. The van der Waals surface area contributed by atoms with Crippen LogP contribution in [0.4, 0.5) is 0 Å². The molecular weight excluding hydrogens is 480 g/mol. The van der Waals surface area contributed by atoms with Gasteiger partial charge in [-0.25, -0.2) is 4.98 Å². The maximum Gasteiger partial charge on any atom is 0.217 e. The van der Waals surface area contributed by atoms with E-state index in [0.717, 1.165) is 44.9 Å². The Morgan fingerprint density at radius 1 is 0.897 bits per heavy atom. The lowest BCUT2D eigenvalue weighted by Crippen LogP contribution is -2.38. The number of pyridine rings is 1. The van der Waals surface area contributed by atoms with Crippen molar-refractivity contribution in [3.8, 4) is 5.88 Å². The molecule has 0 aliphatic heterocycles. The molecule has 4 nitrogen and oxygen atoms in total. The van der Waals surface area contributed by atoms with Gasteiger partial charge in [0.05, 0.1) is 12.6 Å². The first-order valence-electron chi connectivity index (χ1n) is 13.9. The normalized spacial score (nSPS) is 15.9. The second-order valence-corrected chi connectivity index (χ2v) is 11.2. The molecule has 1 N–H and O–H groups in total. The minimum absolute atomic E-state index is 0.402. The molecule has 39 heavy (non-hydrogen) atoms. The highest BCUT2D eigenvalue weighted by Gasteiger charge is 2.43. The largest absolute Gasteiger partial charge is 0.481 e. The molecule has 4 heteroatoms. The van der Waals surface area contributed by atoms with E-state index in [2.05, 4.69) is 85.7 Å². The van der Waals surface area contributed by atoms with Crippen LogP contribution in [0.15, 0.2) is 97.1 Å². The summed E-state index contributed by atoms with van der Waals surface area (Å²) in [5.41, 5.74) is 3.90. The molecule has 1 aliphatic rings. The van der Waals surface area contributed by atoms with Crippen molar-refractivity contribution < 1.29 is 9.84 Å². The molecule has 0 spiro atoms. The number of aliphatic hydroxyl groups is 1. The van der Waals surface area contributed by atoms with Gasteiger partial charge in [-0.2, -0.15) is 0 Å². The van der Waals surface area contributed by atoms with E-state index in [-0.39, 0.29) is 0 Å². The summed E-state index contributed by atoms with van der Waals surface area (Å²) in [6.07, 6.45) is 3.04. The molecule has 5 aromatic rings. The maximum atomic E-state index is 13.1. The predicted molar refractivity (Wildman–Crippen MR) is 160 cm³/mol. The van der Waals surface area contributed by atoms with Crippen LogP contribution < -0.4 is 4.74 Å². The molecule has 1 aliphatic carbocycles. The van der Waals surface area contributed by atoms with E-state index in [1.807, 2.05) is 30.3 Å². The number of nitrogens with zero attached hydrogens (tertiary/aromatic N) is 2. The molecular formula is C35H36N2O2. The first-order chi connectivity index (χ1) is 19.0. The zero-order valence-electron chi connectivity index (χ0n) is 23.0. The fourth-order valence-electron chi connectivity index (χ4n) is 6.02. The van der Waals surface area contributed by atoms with Crippen molar-refractivity contribution in [3.05, 3.63) is 119 Å². The summed E-state index contributed by atoms with van der Waals surface area (Å²) in [5, 5.41) is 16.4. The van der Waals surface area contributed by atoms with Gasteiger partial charge in [0, 0.05) is 23.4 Å². The quantitative estimate of drug-likeness (QED) is 0.224. The molecule has 0 saturated heterocycles. The lowest BCUT2D eigenvalue weighted by atomic mass is 9.70. The highest BCUT2D eigenvalue weighted by molar-refractivity contribution is 5.87. The van der Waals surface area contributed by atoms with E-state index in [4.69, 9.17) is 9.72 Å². The number of aromatic nitrogens is 1. The van der Waals surface area contributed by atoms with Gasteiger partial charge in [0.1, 0.15) is 5.60 Å². The molecule has 2 unspecified atom stereocenters. The number of methoxy groups -OCH3 is 1. The molecule has 0 bridgehead atoms. The average Bonchev–Trinajstić information content (AvgIpc) is 3.82. The average molecular weight is 517 g/mol. The molecule has 1 heterocycles. The van der Waals surface area contributed by atoms with Crippen molar-refractivity contribution in [3.63, 3.8) is 0 Å². The van der Waals surface area contributed by atoms with Crippen molar-refractivity contribution in [1.29, 1.82) is 0 Å². The summed E-state index contributed by atoms with van der Waals surface area (Å²) in [6.45, 7) is 0.720. The van der Waals surface area contributed by atoms with Crippen molar-refractivity contribution in [2.45, 2.75) is 36.7 Å². The monoisotopic (exact) mass is 516 g/mol. The van der Waals surface area contributed by atoms with Crippen molar-refractivity contribution in [2.75, 3.05) is 27.7 Å². The zero-order valence-corrected chi connectivity index (χ0v) is 23.0. The molecule has 1 fully saturated rings. The van der Waals surface area contributed by atoms with E-state index in [0.29, 0.717) is 18.2 Å². The minimum Gasteiger partial charge on any atom is -0.481 e. The van der Waals surface area contributed by atoms with Crippen molar-refractivity contribution in [1.82, 2.24) is 9.88 Å². The summed E-state index contributed by atoms with van der Waals surface area (Å²) in [4.78, 5) is 7.12. The lowest BCUT2D eigenvalue weighted by Gasteiger charge is -2.39. The van der Waals surface area contributed by atoms with Gasteiger partial charge in [-0.15, -0.1) is 0 Å². The third kappa shape index (κ3) is 4.91. The molecule has 4 aromatic carbocycles. The van der Waals surface area contributed by atoms with Gasteiger partial charge < -0.3 is 14.7 Å². The number of benzene rings is 4. The Balaban J connectivity index is 1.63. The molecule has 1 aromatic heterocycles. The number of rotatable bonds is 9. The Morgan fingerprint density at radius 3 is 2.38 bits per heavy atom. The lowest BCUT2D eigenvalue weighted by molar-refractivity contribution is 0.00520. The highest BCUT2D eigenvalue weighted by atomic mass is 16.5. The van der Waals surface area contributed by atoms with Crippen LogP contribution in [0.2, 0.25) is 0 Å². The number of fused-ring (bicyclic) bond motifs is 2. The van der Waals surface area contributed by atoms with Gasteiger partial charge in [-0.3, -0.25) is 0 Å². The molecule has 0 amide bonds. The smallest absolute Gasteiger partial charge is 0.217 e. The highest BCUT2D eigenvalue weighted by Crippen LogP contribution is 2.49. The molecule has 1 saturated carbocycles. The van der Waals surface area contributed by atoms with E-state index >= 15 is 0 Å². The van der Waals surface area contributed by atoms with Crippen LogP contribution in [0.25, 0.3) is 21.7 Å². The van der Waals surface area contributed by atoms with Gasteiger partial charge in [0.2, 0.25) is 5.88 Å². The SMILES string of the molecule is COc1nc2ccc(C3CC3)cc2cc1C(c1ccccc1)C(O)(CCN(C)C)c1cccc2ccccc12. The number of hydrogen-bond acceptors (Lipinski definition) is 4. The van der Waals surface area contributed by atoms with Gasteiger partial charge >= 0.3 is 0 Å². The first-order valence-corrected chi connectivity index (χ1v) is 13.9. The summed E-state index contributed by atoms with van der Waals surface area (Å²) in [5.74, 6) is 0.803. The molecule has 0 radical (unpaired) electrons. The number of hydrogen-bond donors (Lipinski definition) is 1. The van der Waals surface area contributed by atoms with Crippen LogP contribution in [0.3, 0.4) is 0 Å². The second-order valence-electron chi connectivity index (χ2n) is 11.2. The van der Waals surface area contributed by atoms with Gasteiger partial charge in [0.25, 0.3) is 0 Å². The van der Waals surface area contributed by atoms with Crippen LogP contribution in [0, 0.1) is 0 Å². The topological polar surface area (TPSA) is 45.6 Å². The number of ether oxygens (including phenoxy) is 1. The van der Waals surface area contributed by atoms with Crippen LogP contribution in [-0.2, 0) is 5.60 Å². The van der Waals surface area contributed by atoms with E-state index in [1.54, 1.807) is 7.11 Å². The summed E-state index contributed by atoms with van der Waals surface area (Å²) in [7, 11) is 5.78. The first kappa shape index (κ1) is 25.5. The Bertz CT molecular complexity index is 1600. The van der Waals surface area contributed by atoms with Crippen LogP contribution >= 0.6 is 0 Å². The Kier molecular flexibility index (Phi) is 6.84. The van der Waals surface area contributed by atoms with E-state index < -0.39 is 11.5 Å². The summed E-state index contributed by atoms with van der Waals surface area (Å²) in [6, 6.07) is 33.7. The summed E-state index contributed by atoms with van der Waals surface area (Å²) >= 11 is 0.